The summed E-state index contributed by atoms with van der Waals surface area (Å²) in [5.41, 5.74) is -0.0379. The molecule has 6 heteroatoms. The van der Waals surface area contributed by atoms with Gasteiger partial charge in [0.25, 0.3) is 0 Å². The molecule has 2 nitrogen and oxygen atoms in total. The zero-order chi connectivity index (χ0) is 11.8. The molecule has 0 amide bonds. The summed E-state index contributed by atoms with van der Waals surface area (Å²) in [7, 11) is 0. The fourth-order valence-corrected chi connectivity index (χ4v) is 1.40. The predicted octanol–water partition coefficient (Wildman–Crippen LogP) is 2.94. The number of hydrogen-bond donors (Lipinski definition) is 0. The fourth-order valence-electron chi connectivity index (χ4n) is 1.40. The van der Waals surface area contributed by atoms with Crippen LogP contribution in [-0.4, -0.2) is 16.8 Å². The number of alkyl halides is 4. The molecule has 0 aliphatic carbocycles. The Balaban J connectivity index is 2.41. The largest absolute Gasteiger partial charge is 0.487 e. The molecule has 0 N–H and O–H groups in total. The van der Waals surface area contributed by atoms with Crippen LogP contribution in [0.1, 0.15) is 11.7 Å². The average Bonchev–Trinajstić information content (AvgIpc) is 2.23. The summed E-state index contributed by atoms with van der Waals surface area (Å²) in [5.74, 6) is -8.48. The summed E-state index contributed by atoms with van der Waals surface area (Å²) in [6.45, 7) is 0. The Bertz CT molecular complexity index is 405. The van der Waals surface area contributed by atoms with Gasteiger partial charge in [0.15, 0.2) is 6.10 Å². The van der Waals surface area contributed by atoms with E-state index in [4.69, 9.17) is 0 Å². The lowest BCUT2D eigenvalue weighted by Crippen LogP contribution is -2.46. The van der Waals surface area contributed by atoms with Gasteiger partial charge in [0.1, 0.15) is 0 Å². The van der Waals surface area contributed by atoms with Gasteiger partial charge in [-0.1, -0.05) is 0 Å². The fraction of sp³-hybridized carbons (Fsp3) is 0.300. The van der Waals surface area contributed by atoms with Crippen LogP contribution >= 0.6 is 0 Å². The van der Waals surface area contributed by atoms with E-state index in [0.29, 0.717) is 6.26 Å². The highest BCUT2D eigenvalue weighted by atomic mass is 19.3. The van der Waals surface area contributed by atoms with E-state index in [2.05, 4.69) is 9.72 Å². The van der Waals surface area contributed by atoms with E-state index in [1.54, 1.807) is 0 Å². The van der Waals surface area contributed by atoms with Crippen molar-refractivity contribution in [2.24, 2.45) is 0 Å². The maximum atomic E-state index is 13.4. The van der Waals surface area contributed by atoms with Crippen LogP contribution in [0.3, 0.4) is 0 Å². The Morgan fingerprint density at radius 3 is 2.38 bits per heavy atom. The first-order valence-electron chi connectivity index (χ1n) is 4.44. The molecule has 16 heavy (non-hydrogen) atoms. The standard InChI is InChI=1S/C10H7F4NO/c11-9(12)3-6-16-8(10(9,13)14)7-1-4-15-5-2-7/h1-6,8H. The highest BCUT2D eigenvalue weighted by Crippen LogP contribution is 2.48. The van der Waals surface area contributed by atoms with E-state index in [0.717, 1.165) is 0 Å². The van der Waals surface area contributed by atoms with Crippen LogP contribution in [0.15, 0.2) is 36.9 Å². The van der Waals surface area contributed by atoms with Crippen LogP contribution in [-0.2, 0) is 4.74 Å². The van der Waals surface area contributed by atoms with Crippen LogP contribution in [0.25, 0.3) is 0 Å². The molecule has 1 aliphatic heterocycles. The first-order chi connectivity index (χ1) is 7.45. The van der Waals surface area contributed by atoms with Gasteiger partial charge in [-0.15, -0.1) is 0 Å². The second kappa shape index (κ2) is 3.47. The molecule has 1 atom stereocenters. The highest BCUT2D eigenvalue weighted by molar-refractivity contribution is 5.22. The summed E-state index contributed by atoms with van der Waals surface area (Å²) in [6.07, 6.45) is 1.15. The van der Waals surface area contributed by atoms with Crippen LogP contribution in [0.2, 0.25) is 0 Å². The van der Waals surface area contributed by atoms with Crippen molar-refractivity contribution in [1.29, 1.82) is 0 Å². The normalized spacial score (nSPS) is 26.1. The monoisotopic (exact) mass is 233 g/mol. The van der Waals surface area contributed by atoms with Crippen molar-refractivity contribution in [3.05, 3.63) is 42.4 Å². The number of ether oxygens (including phenoxy) is 1. The Morgan fingerprint density at radius 2 is 1.75 bits per heavy atom. The quantitative estimate of drug-likeness (QED) is 0.696. The summed E-state index contributed by atoms with van der Waals surface area (Å²) in [6, 6.07) is 2.43. The zero-order valence-corrected chi connectivity index (χ0v) is 7.91. The van der Waals surface area contributed by atoms with Gasteiger partial charge >= 0.3 is 11.8 Å². The van der Waals surface area contributed by atoms with Crippen LogP contribution in [0.4, 0.5) is 17.6 Å². The SMILES string of the molecule is FC1(F)C=COC(c2ccncc2)C1(F)F. The molecule has 1 aromatic rings. The Labute approximate surface area is 88.6 Å². The van der Waals surface area contributed by atoms with Gasteiger partial charge in [-0.25, -0.2) is 0 Å². The molecule has 1 aliphatic rings. The molecule has 0 spiro atoms. The summed E-state index contributed by atoms with van der Waals surface area (Å²) < 4.78 is 57.3. The molecule has 2 rings (SSSR count). The number of aromatic nitrogens is 1. The van der Waals surface area contributed by atoms with E-state index in [-0.39, 0.29) is 11.6 Å². The number of pyridine rings is 1. The number of rotatable bonds is 1. The third-order valence-electron chi connectivity index (χ3n) is 2.27. The lowest BCUT2D eigenvalue weighted by molar-refractivity contribution is -0.246. The summed E-state index contributed by atoms with van der Waals surface area (Å²) in [5, 5.41) is 0. The number of hydrogen-bond acceptors (Lipinski definition) is 2. The minimum Gasteiger partial charge on any atom is -0.487 e. The van der Waals surface area contributed by atoms with Crippen LogP contribution in [0, 0.1) is 0 Å². The van der Waals surface area contributed by atoms with Gasteiger partial charge in [-0.2, -0.15) is 17.6 Å². The van der Waals surface area contributed by atoms with E-state index in [1.165, 1.54) is 24.5 Å². The minimum atomic E-state index is -4.27. The first-order valence-corrected chi connectivity index (χ1v) is 4.44. The first kappa shape index (κ1) is 10.9. The van der Waals surface area contributed by atoms with Crippen molar-refractivity contribution in [3.8, 4) is 0 Å². The van der Waals surface area contributed by atoms with Crippen molar-refractivity contribution in [3.63, 3.8) is 0 Å². The topological polar surface area (TPSA) is 22.1 Å². The van der Waals surface area contributed by atoms with Gasteiger partial charge < -0.3 is 4.74 Å². The molecular weight excluding hydrogens is 226 g/mol. The molecule has 0 fully saturated rings. The molecule has 86 valence electrons. The van der Waals surface area contributed by atoms with E-state index < -0.39 is 17.9 Å². The lowest BCUT2D eigenvalue weighted by atomic mass is 9.97. The van der Waals surface area contributed by atoms with Crippen molar-refractivity contribution < 1.29 is 22.3 Å². The molecule has 0 aromatic carbocycles. The number of halogens is 4. The molecule has 0 saturated carbocycles. The van der Waals surface area contributed by atoms with Crippen molar-refractivity contribution >= 4 is 0 Å². The van der Waals surface area contributed by atoms with E-state index >= 15 is 0 Å². The average molecular weight is 233 g/mol. The maximum absolute atomic E-state index is 13.4. The summed E-state index contributed by atoms with van der Waals surface area (Å²) in [4.78, 5) is 3.62. The smallest absolute Gasteiger partial charge is 0.353 e. The van der Waals surface area contributed by atoms with Gasteiger partial charge in [0.05, 0.1) is 6.26 Å². The molecule has 1 aromatic heterocycles. The number of nitrogens with zero attached hydrogens (tertiary/aromatic N) is 1. The molecule has 1 unspecified atom stereocenters. The molecule has 0 bridgehead atoms. The van der Waals surface area contributed by atoms with Crippen molar-refractivity contribution in [1.82, 2.24) is 4.98 Å². The van der Waals surface area contributed by atoms with Gasteiger partial charge in [0.2, 0.25) is 0 Å². The number of allylic oxidation sites excluding steroid dienone is 1. The third-order valence-corrected chi connectivity index (χ3v) is 2.27. The van der Waals surface area contributed by atoms with E-state index in [1.807, 2.05) is 0 Å². The van der Waals surface area contributed by atoms with Crippen LogP contribution in [0.5, 0.6) is 0 Å². The van der Waals surface area contributed by atoms with Gasteiger partial charge in [-0.05, 0) is 12.1 Å². The molecule has 2 heterocycles. The Kier molecular flexibility index (Phi) is 2.36. The second-order valence-electron chi connectivity index (χ2n) is 3.35. The Hall–Kier alpha value is -1.59. The van der Waals surface area contributed by atoms with Crippen molar-refractivity contribution in [2.75, 3.05) is 0 Å². The van der Waals surface area contributed by atoms with Crippen LogP contribution < -0.4 is 0 Å². The molecule has 0 saturated heterocycles. The Morgan fingerprint density at radius 1 is 1.12 bits per heavy atom. The minimum absolute atomic E-state index is 0.0379. The molecule has 0 radical (unpaired) electrons. The van der Waals surface area contributed by atoms with Gasteiger partial charge in [-0.3, -0.25) is 4.98 Å². The zero-order valence-electron chi connectivity index (χ0n) is 7.91. The third kappa shape index (κ3) is 1.54. The molecular formula is C10H7F4NO. The highest BCUT2D eigenvalue weighted by Gasteiger charge is 2.63. The predicted molar refractivity (Wildman–Crippen MR) is 47.1 cm³/mol. The maximum Gasteiger partial charge on any atom is 0.353 e. The van der Waals surface area contributed by atoms with E-state index in [9.17, 15) is 17.6 Å². The second-order valence-corrected chi connectivity index (χ2v) is 3.35. The van der Waals surface area contributed by atoms with Gasteiger partial charge in [0, 0.05) is 24.0 Å². The lowest BCUT2D eigenvalue weighted by Gasteiger charge is -2.34. The summed E-state index contributed by atoms with van der Waals surface area (Å²) >= 11 is 0. The van der Waals surface area contributed by atoms with Crippen molar-refractivity contribution in [2.45, 2.75) is 17.9 Å².